The summed E-state index contributed by atoms with van der Waals surface area (Å²) in [5.41, 5.74) is 0. The Morgan fingerprint density at radius 2 is 1.86 bits per heavy atom. The zero-order chi connectivity index (χ0) is 15.0. The van der Waals surface area contributed by atoms with Crippen LogP contribution < -0.4 is 4.72 Å². The highest BCUT2D eigenvalue weighted by atomic mass is 32.2. The van der Waals surface area contributed by atoms with Crippen molar-refractivity contribution < 1.29 is 18.3 Å². The molecule has 1 saturated carbocycles. The molecule has 2 unspecified atom stereocenters. The smallest absolute Gasteiger partial charge is 0.322 e. The zero-order valence-corrected chi connectivity index (χ0v) is 12.9. The highest BCUT2D eigenvalue weighted by Gasteiger charge is 2.40. The number of rotatable bonds is 5. The number of nitrogens with zero attached hydrogens (tertiary/aromatic N) is 2. The average Bonchev–Trinajstić information content (AvgIpc) is 3.20. The normalized spacial score (nSPS) is 32.4. The Morgan fingerprint density at radius 3 is 2.52 bits per heavy atom. The summed E-state index contributed by atoms with van der Waals surface area (Å²) < 4.78 is 28.8. The fourth-order valence-electron chi connectivity index (χ4n) is 3.37. The average molecular weight is 317 g/mol. The van der Waals surface area contributed by atoms with E-state index in [-0.39, 0.29) is 6.04 Å². The summed E-state index contributed by atoms with van der Waals surface area (Å²) in [6.45, 7) is 1.97. The molecule has 2 N–H and O–H groups in total. The molecule has 2 saturated heterocycles. The maximum atomic E-state index is 12.5. The Balaban J connectivity index is 1.63. The fourth-order valence-corrected chi connectivity index (χ4v) is 5.02. The molecular weight excluding hydrogens is 294 g/mol. The van der Waals surface area contributed by atoms with E-state index in [9.17, 15) is 18.3 Å². The number of hydrogen-bond donors (Lipinski definition) is 2. The first-order chi connectivity index (χ1) is 9.97. The third-order valence-corrected chi connectivity index (χ3v) is 6.33. The predicted octanol–water partition coefficient (Wildman–Crippen LogP) is -0.00340. The molecular formula is C13H23N3O4S. The molecule has 120 valence electrons. The summed E-state index contributed by atoms with van der Waals surface area (Å²) in [6, 6.07) is -0.370. The van der Waals surface area contributed by atoms with E-state index >= 15 is 0 Å². The lowest BCUT2D eigenvalue weighted by Gasteiger charge is -2.32. The molecule has 21 heavy (non-hydrogen) atoms. The van der Waals surface area contributed by atoms with E-state index in [1.807, 2.05) is 0 Å². The van der Waals surface area contributed by atoms with Crippen LogP contribution in [0.4, 0.5) is 0 Å². The Bertz CT molecular complexity index is 506. The van der Waals surface area contributed by atoms with Gasteiger partial charge in [0.2, 0.25) is 0 Å². The standard InChI is InChI=1S/C13H23N3O4S/c17-13(18)12-3-1-2-7-16(12)21(19,20)14-10-6-8-15(9-10)11-4-5-11/h10-12,14H,1-9H2,(H,17,18). The van der Waals surface area contributed by atoms with E-state index < -0.39 is 22.2 Å². The quantitative estimate of drug-likeness (QED) is 0.745. The van der Waals surface area contributed by atoms with Gasteiger partial charge in [0.25, 0.3) is 10.2 Å². The second-order valence-corrected chi connectivity index (χ2v) is 7.95. The molecule has 7 nitrogen and oxygen atoms in total. The first kappa shape index (κ1) is 15.2. The summed E-state index contributed by atoms with van der Waals surface area (Å²) >= 11 is 0. The van der Waals surface area contributed by atoms with Crippen molar-refractivity contribution in [3.05, 3.63) is 0 Å². The number of aliphatic carboxylic acids is 1. The van der Waals surface area contributed by atoms with Crippen molar-refractivity contribution in [2.45, 2.75) is 56.7 Å². The molecule has 0 spiro atoms. The van der Waals surface area contributed by atoms with Crippen molar-refractivity contribution >= 4 is 16.2 Å². The highest BCUT2D eigenvalue weighted by Crippen LogP contribution is 2.30. The van der Waals surface area contributed by atoms with Crippen molar-refractivity contribution in [2.75, 3.05) is 19.6 Å². The molecule has 0 amide bonds. The third kappa shape index (κ3) is 3.39. The maximum Gasteiger partial charge on any atom is 0.322 e. The first-order valence-electron chi connectivity index (χ1n) is 7.73. The van der Waals surface area contributed by atoms with Gasteiger partial charge >= 0.3 is 5.97 Å². The van der Waals surface area contributed by atoms with Crippen LogP contribution in [-0.2, 0) is 15.0 Å². The number of hydrogen-bond acceptors (Lipinski definition) is 4. The van der Waals surface area contributed by atoms with Crippen LogP contribution in [0.5, 0.6) is 0 Å². The molecule has 0 aromatic rings. The zero-order valence-electron chi connectivity index (χ0n) is 12.1. The lowest BCUT2D eigenvalue weighted by Crippen LogP contribution is -2.54. The van der Waals surface area contributed by atoms with Crippen molar-refractivity contribution in [1.29, 1.82) is 0 Å². The van der Waals surface area contributed by atoms with E-state index in [0.717, 1.165) is 36.7 Å². The molecule has 3 rings (SSSR count). The topological polar surface area (TPSA) is 90.0 Å². The number of piperidine rings is 1. The summed E-state index contributed by atoms with van der Waals surface area (Å²) in [6.07, 6.45) is 5.13. The molecule has 1 aliphatic carbocycles. The first-order valence-corrected chi connectivity index (χ1v) is 9.17. The van der Waals surface area contributed by atoms with E-state index in [1.54, 1.807) is 0 Å². The lowest BCUT2D eigenvalue weighted by molar-refractivity contribution is -0.142. The summed E-state index contributed by atoms with van der Waals surface area (Å²) in [4.78, 5) is 13.6. The molecule has 0 aromatic carbocycles. The maximum absolute atomic E-state index is 12.5. The minimum absolute atomic E-state index is 0.0908. The molecule has 8 heteroatoms. The van der Waals surface area contributed by atoms with Gasteiger partial charge in [-0.15, -0.1) is 0 Å². The number of nitrogens with one attached hydrogen (secondary N) is 1. The van der Waals surface area contributed by atoms with Gasteiger partial charge in [-0.2, -0.15) is 17.4 Å². The van der Waals surface area contributed by atoms with Crippen LogP contribution >= 0.6 is 0 Å². The Morgan fingerprint density at radius 1 is 1.10 bits per heavy atom. The molecule has 3 aliphatic rings. The van der Waals surface area contributed by atoms with Crippen LogP contribution in [-0.4, -0.2) is 66.5 Å². The number of carboxylic acids is 1. The lowest BCUT2D eigenvalue weighted by atomic mass is 10.1. The van der Waals surface area contributed by atoms with Crippen molar-refractivity contribution in [1.82, 2.24) is 13.9 Å². The van der Waals surface area contributed by atoms with Gasteiger partial charge in [0, 0.05) is 31.7 Å². The van der Waals surface area contributed by atoms with Gasteiger partial charge in [0.1, 0.15) is 6.04 Å². The number of carbonyl (C=O) groups is 1. The summed E-state index contributed by atoms with van der Waals surface area (Å²) in [5.74, 6) is -1.05. The van der Waals surface area contributed by atoms with Crippen LogP contribution in [0.1, 0.15) is 38.5 Å². The van der Waals surface area contributed by atoms with Crippen molar-refractivity contribution in [2.24, 2.45) is 0 Å². The van der Waals surface area contributed by atoms with Gasteiger partial charge in [0.15, 0.2) is 0 Å². The molecule has 0 aromatic heterocycles. The van der Waals surface area contributed by atoms with Gasteiger partial charge in [-0.1, -0.05) is 0 Å². The summed E-state index contributed by atoms with van der Waals surface area (Å²) in [7, 11) is -3.71. The second kappa shape index (κ2) is 5.83. The monoisotopic (exact) mass is 317 g/mol. The van der Waals surface area contributed by atoms with Crippen LogP contribution in [0.15, 0.2) is 0 Å². The molecule has 2 aliphatic heterocycles. The van der Waals surface area contributed by atoms with E-state index in [1.165, 1.54) is 12.8 Å². The largest absolute Gasteiger partial charge is 0.480 e. The second-order valence-electron chi connectivity index (χ2n) is 6.30. The van der Waals surface area contributed by atoms with Crippen LogP contribution in [0, 0.1) is 0 Å². The summed E-state index contributed by atoms with van der Waals surface area (Å²) in [5, 5.41) is 9.21. The van der Waals surface area contributed by atoms with E-state index in [4.69, 9.17) is 0 Å². The molecule has 0 radical (unpaired) electrons. The Hall–Kier alpha value is -0.700. The number of likely N-dealkylation sites (tertiary alicyclic amines) is 1. The highest BCUT2D eigenvalue weighted by molar-refractivity contribution is 7.87. The Kier molecular flexibility index (Phi) is 4.22. The predicted molar refractivity (Wildman–Crippen MR) is 77.0 cm³/mol. The molecule has 2 heterocycles. The SMILES string of the molecule is O=C(O)C1CCCCN1S(=O)(=O)NC1CCN(C2CC2)C1. The van der Waals surface area contributed by atoms with Crippen molar-refractivity contribution in [3.8, 4) is 0 Å². The number of carboxylic acid groups (broad SMARTS) is 1. The van der Waals surface area contributed by atoms with Crippen LogP contribution in [0.3, 0.4) is 0 Å². The van der Waals surface area contributed by atoms with Crippen molar-refractivity contribution in [3.63, 3.8) is 0 Å². The third-order valence-electron chi connectivity index (χ3n) is 4.65. The van der Waals surface area contributed by atoms with Crippen LogP contribution in [0.2, 0.25) is 0 Å². The molecule has 2 atom stereocenters. The van der Waals surface area contributed by atoms with Gasteiger partial charge in [-0.25, -0.2) is 0 Å². The van der Waals surface area contributed by atoms with Gasteiger partial charge < -0.3 is 5.11 Å². The fraction of sp³-hybridized carbons (Fsp3) is 0.923. The minimum atomic E-state index is -3.71. The molecule has 0 bridgehead atoms. The van der Waals surface area contributed by atoms with Gasteiger partial charge in [-0.3, -0.25) is 9.69 Å². The van der Waals surface area contributed by atoms with Gasteiger partial charge in [-0.05, 0) is 38.5 Å². The van der Waals surface area contributed by atoms with E-state index in [2.05, 4.69) is 9.62 Å². The Labute approximate surface area is 125 Å². The molecule has 3 fully saturated rings. The van der Waals surface area contributed by atoms with Crippen LogP contribution in [0.25, 0.3) is 0 Å². The van der Waals surface area contributed by atoms with Gasteiger partial charge in [0.05, 0.1) is 0 Å². The van der Waals surface area contributed by atoms with E-state index in [0.29, 0.717) is 19.0 Å². The minimum Gasteiger partial charge on any atom is -0.480 e.